The van der Waals surface area contributed by atoms with Crippen molar-refractivity contribution in [3.63, 3.8) is 0 Å². The molecule has 0 radical (unpaired) electrons. The van der Waals surface area contributed by atoms with Gasteiger partial charge in [-0.1, -0.05) is 6.42 Å². The third-order valence-electron chi connectivity index (χ3n) is 5.83. The van der Waals surface area contributed by atoms with Gasteiger partial charge in [-0.05, 0) is 62.2 Å². The highest BCUT2D eigenvalue weighted by Crippen LogP contribution is 2.50. The fourth-order valence-corrected chi connectivity index (χ4v) is 4.70. The van der Waals surface area contributed by atoms with Crippen LogP contribution < -0.4 is 5.73 Å². The zero-order valence-corrected chi connectivity index (χ0v) is 11.1. The Kier molecular flexibility index (Phi) is 3.38. The molecule has 0 aliphatic heterocycles. The summed E-state index contributed by atoms with van der Waals surface area (Å²) in [7, 11) is 0. The second-order valence-corrected chi connectivity index (χ2v) is 7.03. The van der Waals surface area contributed by atoms with Crippen molar-refractivity contribution in [2.24, 2.45) is 29.4 Å². The van der Waals surface area contributed by atoms with Crippen LogP contribution in [0.25, 0.3) is 0 Å². The summed E-state index contributed by atoms with van der Waals surface area (Å²) in [6.07, 6.45) is 8.07. The minimum absolute atomic E-state index is 0.0576. The van der Waals surface area contributed by atoms with E-state index < -0.39 is 5.92 Å². The Morgan fingerprint density at radius 3 is 2.33 bits per heavy atom. The summed E-state index contributed by atoms with van der Waals surface area (Å²) >= 11 is 0. The van der Waals surface area contributed by atoms with E-state index in [1.165, 1.54) is 25.7 Å². The van der Waals surface area contributed by atoms with E-state index in [1.54, 1.807) is 0 Å². The monoisotopic (exact) mass is 257 g/mol. The molecular weight excluding hydrogens is 232 g/mol. The Labute approximate surface area is 109 Å². The molecule has 3 aliphatic carbocycles. The van der Waals surface area contributed by atoms with Gasteiger partial charge in [0.1, 0.15) is 0 Å². The van der Waals surface area contributed by atoms with Crippen molar-refractivity contribution in [1.82, 2.24) is 0 Å². The molecule has 3 saturated carbocycles. The Bertz CT molecular complexity index is 295. The van der Waals surface area contributed by atoms with Crippen LogP contribution in [0.5, 0.6) is 0 Å². The van der Waals surface area contributed by atoms with Crippen molar-refractivity contribution in [3.05, 3.63) is 0 Å². The molecule has 2 N–H and O–H groups in total. The Hall–Kier alpha value is -0.180. The molecule has 0 aromatic rings. The average Bonchev–Trinajstić information content (AvgIpc) is 2.90. The van der Waals surface area contributed by atoms with Crippen LogP contribution >= 0.6 is 0 Å². The van der Waals surface area contributed by atoms with E-state index in [2.05, 4.69) is 0 Å². The van der Waals surface area contributed by atoms with E-state index in [1.807, 2.05) is 0 Å². The Morgan fingerprint density at radius 2 is 1.78 bits per heavy atom. The highest BCUT2D eigenvalue weighted by atomic mass is 19.3. The maximum absolute atomic E-state index is 13.1. The molecule has 4 atom stereocenters. The molecule has 104 valence electrons. The molecule has 0 spiro atoms. The van der Waals surface area contributed by atoms with Gasteiger partial charge in [0.15, 0.2) is 0 Å². The van der Waals surface area contributed by atoms with Gasteiger partial charge in [-0.2, -0.15) is 0 Å². The van der Waals surface area contributed by atoms with E-state index in [-0.39, 0.29) is 18.9 Å². The number of hydrogen-bond donors (Lipinski definition) is 1. The molecule has 1 nitrogen and oxygen atoms in total. The van der Waals surface area contributed by atoms with E-state index in [4.69, 9.17) is 5.73 Å². The van der Waals surface area contributed by atoms with Crippen molar-refractivity contribution in [2.45, 2.75) is 69.8 Å². The maximum atomic E-state index is 13.1. The zero-order valence-electron chi connectivity index (χ0n) is 11.1. The first-order valence-corrected chi connectivity index (χ1v) is 7.67. The molecule has 3 fully saturated rings. The minimum atomic E-state index is -2.41. The standard InChI is InChI=1S/C15H25F2N/c16-15(17)5-3-11(4-6-15)14(18)9-13-8-10-1-2-12(13)7-10/h10-14H,1-9,18H2. The lowest BCUT2D eigenvalue weighted by molar-refractivity contribution is -0.0491. The van der Waals surface area contributed by atoms with Crippen molar-refractivity contribution < 1.29 is 8.78 Å². The first kappa shape index (κ1) is 12.8. The van der Waals surface area contributed by atoms with E-state index in [9.17, 15) is 8.78 Å². The van der Waals surface area contributed by atoms with Crippen LogP contribution in [0.1, 0.15) is 57.8 Å². The third-order valence-corrected chi connectivity index (χ3v) is 5.83. The molecule has 0 heterocycles. The molecule has 0 aromatic carbocycles. The van der Waals surface area contributed by atoms with Gasteiger partial charge in [0.05, 0.1) is 0 Å². The lowest BCUT2D eigenvalue weighted by atomic mass is 9.76. The van der Waals surface area contributed by atoms with Crippen LogP contribution in [-0.4, -0.2) is 12.0 Å². The highest BCUT2D eigenvalue weighted by molar-refractivity contribution is 4.93. The van der Waals surface area contributed by atoms with Gasteiger partial charge in [0.25, 0.3) is 0 Å². The molecule has 0 aromatic heterocycles. The molecule has 0 amide bonds. The normalized spacial score (nSPS) is 41.2. The van der Waals surface area contributed by atoms with Crippen LogP contribution in [-0.2, 0) is 0 Å². The number of nitrogens with two attached hydrogens (primary N) is 1. The minimum Gasteiger partial charge on any atom is -0.327 e. The average molecular weight is 257 g/mol. The van der Waals surface area contributed by atoms with Crippen molar-refractivity contribution in [1.29, 1.82) is 0 Å². The predicted octanol–water partition coefficient (Wildman–Crippen LogP) is 3.97. The Morgan fingerprint density at radius 1 is 1.06 bits per heavy atom. The molecule has 18 heavy (non-hydrogen) atoms. The van der Waals surface area contributed by atoms with Crippen LogP contribution in [0.3, 0.4) is 0 Å². The number of rotatable bonds is 3. The molecule has 3 aliphatic rings. The van der Waals surface area contributed by atoms with Crippen molar-refractivity contribution in [2.75, 3.05) is 0 Å². The first-order valence-electron chi connectivity index (χ1n) is 7.67. The van der Waals surface area contributed by atoms with E-state index >= 15 is 0 Å². The fourth-order valence-electron chi connectivity index (χ4n) is 4.70. The van der Waals surface area contributed by atoms with Crippen LogP contribution in [0.2, 0.25) is 0 Å². The first-order chi connectivity index (χ1) is 8.53. The maximum Gasteiger partial charge on any atom is 0.248 e. The lowest BCUT2D eigenvalue weighted by Crippen LogP contribution is -2.38. The molecular formula is C15H25F2N. The third kappa shape index (κ3) is 2.56. The van der Waals surface area contributed by atoms with Crippen LogP contribution in [0.15, 0.2) is 0 Å². The predicted molar refractivity (Wildman–Crippen MR) is 68.4 cm³/mol. The summed E-state index contributed by atoms with van der Waals surface area (Å²) in [5.74, 6) is 0.613. The number of hydrogen-bond acceptors (Lipinski definition) is 1. The van der Waals surface area contributed by atoms with Gasteiger partial charge in [-0.3, -0.25) is 0 Å². The van der Waals surface area contributed by atoms with E-state index in [0.717, 1.165) is 24.2 Å². The number of fused-ring (bicyclic) bond motifs is 2. The molecule has 2 bridgehead atoms. The van der Waals surface area contributed by atoms with Gasteiger partial charge < -0.3 is 5.73 Å². The second kappa shape index (κ2) is 4.73. The topological polar surface area (TPSA) is 26.0 Å². The van der Waals surface area contributed by atoms with Gasteiger partial charge in [-0.25, -0.2) is 8.78 Å². The van der Waals surface area contributed by atoms with Crippen molar-refractivity contribution >= 4 is 0 Å². The summed E-state index contributed by atoms with van der Waals surface area (Å²) in [5.41, 5.74) is 6.30. The summed E-state index contributed by atoms with van der Waals surface area (Å²) in [6, 6.07) is 0.172. The zero-order chi connectivity index (χ0) is 12.8. The quantitative estimate of drug-likeness (QED) is 0.813. The Balaban J connectivity index is 1.48. The van der Waals surface area contributed by atoms with E-state index in [0.29, 0.717) is 18.8 Å². The SMILES string of the molecule is NC(CC1CC2CCC1C2)C1CCC(F)(F)CC1. The summed E-state index contributed by atoms with van der Waals surface area (Å²) < 4.78 is 26.3. The molecule has 3 heteroatoms. The van der Waals surface area contributed by atoms with Gasteiger partial charge in [0, 0.05) is 18.9 Å². The van der Waals surface area contributed by atoms with Crippen LogP contribution in [0.4, 0.5) is 8.78 Å². The van der Waals surface area contributed by atoms with Crippen LogP contribution in [0, 0.1) is 23.7 Å². The fraction of sp³-hybridized carbons (Fsp3) is 1.00. The molecule has 0 saturated heterocycles. The summed E-state index contributed by atoms with van der Waals surface area (Å²) in [6.45, 7) is 0. The van der Waals surface area contributed by atoms with Gasteiger partial charge >= 0.3 is 0 Å². The number of alkyl halides is 2. The number of halogens is 2. The highest BCUT2D eigenvalue weighted by Gasteiger charge is 2.42. The summed E-state index contributed by atoms with van der Waals surface area (Å²) in [5, 5.41) is 0. The van der Waals surface area contributed by atoms with Gasteiger partial charge in [-0.15, -0.1) is 0 Å². The lowest BCUT2D eigenvalue weighted by Gasteiger charge is -2.34. The summed E-state index contributed by atoms with van der Waals surface area (Å²) in [4.78, 5) is 0. The smallest absolute Gasteiger partial charge is 0.248 e. The second-order valence-electron chi connectivity index (χ2n) is 7.03. The van der Waals surface area contributed by atoms with Crippen molar-refractivity contribution in [3.8, 4) is 0 Å². The van der Waals surface area contributed by atoms with Gasteiger partial charge in [0.2, 0.25) is 5.92 Å². The molecule has 3 rings (SSSR count). The largest absolute Gasteiger partial charge is 0.327 e. The molecule has 4 unspecified atom stereocenters.